The van der Waals surface area contributed by atoms with Crippen LogP contribution in [0.4, 0.5) is 4.79 Å². The molecule has 1 N–H and O–H groups in total. The molecule has 25 heavy (non-hydrogen) atoms. The number of carbonyl (C=O) groups is 1. The van der Waals surface area contributed by atoms with Crippen LogP contribution in [0, 0.1) is 0 Å². The highest BCUT2D eigenvalue weighted by Gasteiger charge is 2.34. The molecule has 0 aromatic heterocycles. The quantitative estimate of drug-likeness (QED) is 0.631. The van der Waals surface area contributed by atoms with Gasteiger partial charge in [0.1, 0.15) is 19.5 Å². The largest absolute Gasteiger partial charge is 0.445 e. The van der Waals surface area contributed by atoms with E-state index >= 15 is 0 Å². The second-order valence-corrected chi connectivity index (χ2v) is 9.81. The van der Waals surface area contributed by atoms with E-state index in [-0.39, 0.29) is 6.61 Å². The number of carbonyl (C=O) groups excluding carboxylic acids is 1. The van der Waals surface area contributed by atoms with Crippen molar-refractivity contribution in [3.05, 3.63) is 70.7 Å². The van der Waals surface area contributed by atoms with Gasteiger partial charge in [0.2, 0.25) is 0 Å². The van der Waals surface area contributed by atoms with E-state index in [1.54, 1.807) is 18.2 Å². The Labute approximate surface area is 153 Å². The molecule has 0 saturated carbocycles. The van der Waals surface area contributed by atoms with Crippen molar-refractivity contribution in [2.75, 3.05) is 12.3 Å². The molecule has 0 bridgehead atoms. The van der Waals surface area contributed by atoms with E-state index in [0.29, 0.717) is 22.9 Å². The van der Waals surface area contributed by atoms with Crippen molar-refractivity contribution in [3.8, 4) is 0 Å². The zero-order valence-electron chi connectivity index (χ0n) is 14.4. The lowest BCUT2D eigenvalue weighted by molar-refractivity contribution is 0.138. The SMILES string of the molecule is CCP(=O)(CC)C(NC(=O)OCc1ccccc1)c1ccccc1Cl. The molecule has 0 aliphatic rings. The molecule has 0 aliphatic carbocycles. The summed E-state index contributed by atoms with van der Waals surface area (Å²) in [5.74, 6) is -0.653. The van der Waals surface area contributed by atoms with Gasteiger partial charge in [-0.3, -0.25) is 0 Å². The Morgan fingerprint density at radius 2 is 1.68 bits per heavy atom. The predicted molar refractivity (Wildman–Crippen MR) is 103 cm³/mol. The van der Waals surface area contributed by atoms with Gasteiger partial charge in [0, 0.05) is 22.9 Å². The number of benzene rings is 2. The van der Waals surface area contributed by atoms with Gasteiger partial charge < -0.3 is 14.6 Å². The second kappa shape index (κ2) is 9.07. The molecule has 0 fully saturated rings. The van der Waals surface area contributed by atoms with Gasteiger partial charge in [0.25, 0.3) is 0 Å². The minimum atomic E-state index is -2.69. The standard InChI is InChI=1S/C19H23ClNO3P/c1-3-25(23,4-2)18(16-12-8-9-13-17(16)20)21-19(22)24-14-15-10-6-5-7-11-15/h5-13,18H,3-4,14H2,1-2H3,(H,21,22). The molecule has 2 rings (SSSR count). The Bertz CT molecular complexity index is 743. The number of alkyl carbamates (subject to hydrolysis) is 1. The molecule has 0 spiro atoms. The first-order valence-electron chi connectivity index (χ1n) is 8.29. The van der Waals surface area contributed by atoms with Crippen LogP contribution in [0.25, 0.3) is 0 Å². The van der Waals surface area contributed by atoms with Gasteiger partial charge in [-0.2, -0.15) is 0 Å². The van der Waals surface area contributed by atoms with Crippen molar-refractivity contribution in [3.63, 3.8) is 0 Å². The molecule has 0 heterocycles. The molecule has 6 heteroatoms. The maximum absolute atomic E-state index is 13.3. The highest BCUT2D eigenvalue weighted by molar-refractivity contribution is 7.64. The maximum Gasteiger partial charge on any atom is 0.408 e. The summed E-state index contributed by atoms with van der Waals surface area (Å²) in [7, 11) is -2.69. The summed E-state index contributed by atoms with van der Waals surface area (Å²) in [5, 5.41) is 3.26. The van der Waals surface area contributed by atoms with E-state index in [4.69, 9.17) is 16.3 Å². The van der Waals surface area contributed by atoms with Crippen LogP contribution in [0.3, 0.4) is 0 Å². The van der Waals surface area contributed by atoms with Crippen molar-refractivity contribution in [1.29, 1.82) is 0 Å². The Hall–Kier alpha value is -1.77. The van der Waals surface area contributed by atoms with E-state index in [0.717, 1.165) is 5.56 Å². The number of amides is 1. The molecule has 0 aliphatic heterocycles. The average Bonchev–Trinajstić information content (AvgIpc) is 2.65. The minimum absolute atomic E-state index is 0.157. The molecule has 0 radical (unpaired) electrons. The lowest BCUT2D eigenvalue weighted by Crippen LogP contribution is -2.30. The molecule has 134 valence electrons. The molecule has 1 amide bonds. The van der Waals surface area contributed by atoms with Gasteiger partial charge in [-0.15, -0.1) is 0 Å². The third-order valence-corrected chi connectivity index (χ3v) is 8.04. The Kier molecular flexibility index (Phi) is 7.10. The molecule has 2 aromatic rings. The number of halogens is 1. The van der Waals surface area contributed by atoms with Crippen LogP contribution in [0.2, 0.25) is 5.02 Å². The minimum Gasteiger partial charge on any atom is -0.445 e. The third-order valence-electron chi connectivity index (χ3n) is 4.21. The lowest BCUT2D eigenvalue weighted by atomic mass is 10.2. The summed E-state index contributed by atoms with van der Waals surface area (Å²) in [6.45, 7) is 3.89. The van der Waals surface area contributed by atoms with Gasteiger partial charge >= 0.3 is 6.09 Å². The number of hydrogen-bond donors (Lipinski definition) is 1. The average molecular weight is 380 g/mol. The molecule has 0 saturated heterocycles. The molecular weight excluding hydrogens is 357 g/mol. The van der Waals surface area contributed by atoms with Crippen molar-refractivity contribution < 1.29 is 14.1 Å². The van der Waals surface area contributed by atoms with E-state index in [1.807, 2.05) is 50.2 Å². The summed E-state index contributed by atoms with van der Waals surface area (Å²) in [6, 6.07) is 16.6. The first-order chi connectivity index (χ1) is 12.0. The second-order valence-electron chi connectivity index (χ2n) is 5.71. The first kappa shape index (κ1) is 19.6. The monoisotopic (exact) mass is 379 g/mol. The van der Waals surface area contributed by atoms with Crippen molar-refractivity contribution in [2.45, 2.75) is 26.2 Å². The zero-order valence-corrected chi connectivity index (χ0v) is 16.1. The first-order valence-corrected chi connectivity index (χ1v) is 10.8. The van der Waals surface area contributed by atoms with Crippen LogP contribution in [0.15, 0.2) is 54.6 Å². The Morgan fingerprint density at radius 3 is 2.28 bits per heavy atom. The van der Waals surface area contributed by atoms with E-state index in [2.05, 4.69) is 5.32 Å². The fourth-order valence-corrected chi connectivity index (χ4v) is 5.18. The molecular formula is C19H23ClNO3P. The van der Waals surface area contributed by atoms with Crippen molar-refractivity contribution in [2.24, 2.45) is 0 Å². The summed E-state index contributed by atoms with van der Waals surface area (Å²) in [5.41, 5.74) is 1.55. The summed E-state index contributed by atoms with van der Waals surface area (Å²) < 4.78 is 18.6. The normalized spacial score (nSPS) is 12.4. The number of rotatable bonds is 7. The maximum atomic E-state index is 13.3. The van der Waals surface area contributed by atoms with Gasteiger partial charge in [-0.05, 0) is 11.6 Å². The van der Waals surface area contributed by atoms with Crippen LogP contribution in [0.5, 0.6) is 0 Å². The van der Waals surface area contributed by atoms with E-state index in [9.17, 15) is 9.36 Å². The number of nitrogens with one attached hydrogen (secondary N) is 1. The number of ether oxygens (including phenoxy) is 1. The van der Waals surface area contributed by atoms with Gasteiger partial charge in [0.05, 0.1) is 0 Å². The zero-order chi connectivity index (χ0) is 18.3. The van der Waals surface area contributed by atoms with Crippen molar-refractivity contribution >= 4 is 24.8 Å². The van der Waals surface area contributed by atoms with Gasteiger partial charge in [-0.25, -0.2) is 4.79 Å². The fraction of sp³-hybridized carbons (Fsp3) is 0.316. The van der Waals surface area contributed by atoms with E-state index in [1.165, 1.54) is 0 Å². The van der Waals surface area contributed by atoms with Crippen LogP contribution < -0.4 is 5.32 Å². The molecule has 2 aromatic carbocycles. The fourth-order valence-electron chi connectivity index (χ4n) is 2.61. The Balaban J connectivity index is 2.17. The Morgan fingerprint density at radius 1 is 1.08 bits per heavy atom. The molecule has 1 atom stereocenters. The van der Waals surface area contributed by atoms with Gasteiger partial charge in [-0.1, -0.05) is 74.0 Å². The smallest absolute Gasteiger partial charge is 0.408 e. The van der Waals surface area contributed by atoms with Crippen LogP contribution >= 0.6 is 18.7 Å². The van der Waals surface area contributed by atoms with Gasteiger partial charge in [0.15, 0.2) is 0 Å². The molecule has 1 unspecified atom stereocenters. The summed E-state index contributed by atoms with van der Waals surface area (Å²) >= 11 is 6.28. The summed E-state index contributed by atoms with van der Waals surface area (Å²) in [4.78, 5) is 12.3. The highest BCUT2D eigenvalue weighted by Crippen LogP contribution is 2.58. The predicted octanol–water partition coefficient (Wildman–Crippen LogP) is 5.67. The van der Waals surface area contributed by atoms with Crippen molar-refractivity contribution in [1.82, 2.24) is 5.32 Å². The van der Waals surface area contributed by atoms with Crippen LogP contribution in [-0.2, 0) is 15.9 Å². The van der Waals surface area contributed by atoms with Crippen LogP contribution in [-0.4, -0.2) is 18.4 Å². The third kappa shape index (κ3) is 5.10. The highest BCUT2D eigenvalue weighted by atomic mass is 35.5. The van der Waals surface area contributed by atoms with Crippen LogP contribution in [0.1, 0.15) is 30.8 Å². The lowest BCUT2D eigenvalue weighted by Gasteiger charge is -2.27. The topological polar surface area (TPSA) is 55.4 Å². The van der Waals surface area contributed by atoms with E-state index < -0.39 is 19.0 Å². The summed E-state index contributed by atoms with van der Waals surface area (Å²) in [6.07, 6.45) is 0.340. The number of hydrogen-bond acceptors (Lipinski definition) is 3. The molecule has 4 nitrogen and oxygen atoms in total.